The maximum Gasteiger partial charge on any atom is 0.306 e. The van der Waals surface area contributed by atoms with E-state index >= 15 is 0 Å². The summed E-state index contributed by atoms with van der Waals surface area (Å²) in [4.78, 5) is 24.1. The van der Waals surface area contributed by atoms with Gasteiger partial charge < -0.3 is 13.8 Å². The van der Waals surface area contributed by atoms with Crippen molar-refractivity contribution in [3.63, 3.8) is 0 Å². The van der Waals surface area contributed by atoms with Gasteiger partial charge in [0.2, 0.25) is 0 Å². The van der Waals surface area contributed by atoms with Crippen LogP contribution >= 0.6 is 18.8 Å². The number of carbonyl (C=O) groups is 2. The lowest BCUT2D eigenvalue weighted by molar-refractivity contribution is -0.147. The molecule has 1 rings (SSSR count). The van der Waals surface area contributed by atoms with Gasteiger partial charge in [-0.05, 0) is 57.8 Å². The summed E-state index contributed by atoms with van der Waals surface area (Å²) in [6.07, 6.45) is 15.1. The first kappa shape index (κ1) is 26.3. The van der Waals surface area contributed by atoms with E-state index in [0.29, 0.717) is 31.5 Å². The summed E-state index contributed by atoms with van der Waals surface area (Å²) >= 11 is 0. The Morgan fingerprint density at radius 2 is 1.69 bits per heavy atom. The van der Waals surface area contributed by atoms with Crippen LogP contribution in [0.15, 0.2) is 12.2 Å². The predicted molar refractivity (Wildman–Crippen MR) is 137 cm³/mol. The Morgan fingerprint density at radius 3 is 2.38 bits per heavy atom. The summed E-state index contributed by atoms with van der Waals surface area (Å²) in [6, 6.07) is 0. The van der Waals surface area contributed by atoms with Gasteiger partial charge in [0, 0.05) is 44.5 Å². The Bertz CT molecular complexity index is 592. The van der Waals surface area contributed by atoms with E-state index in [4.69, 9.17) is 16.3 Å². The third-order valence-corrected chi connectivity index (χ3v) is 6.89. The van der Waals surface area contributed by atoms with Gasteiger partial charge in [-0.25, -0.2) is 0 Å². The molecule has 3 unspecified atom stereocenters. The van der Waals surface area contributed by atoms with Gasteiger partial charge in [0.1, 0.15) is 5.78 Å². The minimum atomic E-state index is -0.341. The topological polar surface area (TPSA) is 61.8 Å². The van der Waals surface area contributed by atoms with Crippen molar-refractivity contribution < 1.29 is 23.4 Å². The first-order valence-electron chi connectivity index (χ1n) is 13.4. The number of ketones is 1. The van der Waals surface area contributed by atoms with Gasteiger partial charge in [-0.2, -0.15) is 0 Å². The second-order valence-corrected chi connectivity index (χ2v) is 9.73. The molecule has 6 atom stereocenters. The number of hydrogen-bond donors (Lipinski definition) is 0. The monoisotopic (exact) mass is 492 g/mol. The summed E-state index contributed by atoms with van der Waals surface area (Å²) in [5.74, 6) is 0.501. The van der Waals surface area contributed by atoms with Crippen LogP contribution in [-0.2, 0) is 23.4 Å². The normalized spacial score (nSPS) is 24.9. The Hall–Kier alpha value is -0.340. The van der Waals surface area contributed by atoms with Crippen LogP contribution in [0.5, 0.6) is 0 Å². The van der Waals surface area contributed by atoms with Crippen LogP contribution < -0.4 is 0 Å². The van der Waals surface area contributed by atoms with Gasteiger partial charge in [0.15, 0.2) is 0 Å². The minimum absolute atomic E-state index is 0.0722. The number of Topliss-reactive ketones (excluding diaryl/α,β-unsaturated/α-hetero) is 1. The van der Waals surface area contributed by atoms with Crippen molar-refractivity contribution in [3.8, 4) is 0 Å². The highest BCUT2D eigenvalue weighted by molar-refractivity contribution is 7.10. The Morgan fingerprint density at radius 1 is 0.969 bits per heavy atom. The van der Waals surface area contributed by atoms with E-state index in [1.54, 1.807) is 0 Å². The molecular weight excluding hydrogens is 442 g/mol. The molecule has 1 aliphatic carbocycles. The molecule has 0 aromatic carbocycles. The Labute approximate surface area is 203 Å². The third-order valence-electron chi connectivity index (χ3n) is 6.28. The molecule has 1 fully saturated rings. The zero-order valence-corrected chi connectivity index (χ0v) is 22.3. The van der Waals surface area contributed by atoms with Crippen molar-refractivity contribution in [2.24, 2.45) is 11.8 Å². The molecule has 0 aliphatic heterocycles. The van der Waals surface area contributed by atoms with E-state index < -0.39 is 0 Å². The van der Waals surface area contributed by atoms with Gasteiger partial charge >= 0.3 is 5.97 Å². The molecule has 0 bridgehead atoms. The molecule has 1 aliphatic rings. The number of hydrogen-bond acceptors (Lipinski definition) is 5. The number of carbonyl (C=O) groups excluding carboxylic acids is 2. The number of unbranched alkanes of at least 4 members (excludes halogenated alkanes) is 5. The largest absolute Gasteiger partial charge is 0.463 e. The van der Waals surface area contributed by atoms with Crippen molar-refractivity contribution in [2.45, 2.75) is 123 Å². The standard InChI is InChI=1S/C25H46O5P2/c1-4-5-6-7-10-13-20(26)16-17-22-21(23(29-31)18-24(22)30-32)14-11-8-9-12-15-25(27)28-19(2)3/h8,11,19,21-24H,4-7,9-10,12-18,31-32H2,1-3H3/t21?,22-,23+,24-/m1/s1/i31T,32T/t21?,22-,23+,24-,31?,32?. The fourth-order valence-electron chi connectivity index (χ4n) is 4.56. The molecule has 0 N–H and O–H groups in total. The van der Waals surface area contributed by atoms with Crippen LogP contribution in [0, 0.1) is 11.8 Å². The molecule has 32 heavy (non-hydrogen) atoms. The van der Waals surface area contributed by atoms with Gasteiger partial charge in [-0.15, -0.1) is 0 Å². The molecule has 186 valence electrons. The van der Waals surface area contributed by atoms with E-state index in [9.17, 15) is 9.59 Å². The highest BCUT2D eigenvalue weighted by Crippen LogP contribution is 2.43. The molecule has 0 spiro atoms. The lowest BCUT2D eigenvalue weighted by Gasteiger charge is -2.24. The van der Waals surface area contributed by atoms with Crippen molar-refractivity contribution >= 4 is 30.6 Å². The van der Waals surface area contributed by atoms with Crippen molar-refractivity contribution in [1.29, 1.82) is 2.56 Å². The third kappa shape index (κ3) is 12.2. The maximum atomic E-state index is 12.5. The average molecular weight is 493 g/mol. The molecule has 1 saturated carbocycles. The number of esters is 1. The van der Waals surface area contributed by atoms with E-state index in [2.05, 4.69) is 19.1 Å². The lowest BCUT2D eigenvalue weighted by atomic mass is 9.86. The van der Waals surface area contributed by atoms with E-state index in [1.807, 2.05) is 13.8 Å². The molecule has 5 nitrogen and oxygen atoms in total. The van der Waals surface area contributed by atoms with E-state index in [-0.39, 0.29) is 54.9 Å². The van der Waals surface area contributed by atoms with Crippen LogP contribution in [0.4, 0.5) is 0 Å². The first-order valence-corrected chi connectivity index (χ1v) is 13.2. The summed E-state index contributed by atoms with van der Waals surface area (Å²) in [5, 5.41) is 0. The van der Waals surface area contributed by atoms with E-state index in [1.165, 1.54) is 19.3 Å². The second-order valence-electron chi connectivity index (χ2n) is 9.26. The van der Waals surface area contributed by atoms with E-state index in [0.717, 1.165) is 38.5 Å². The zero-order valence-electron chi connectivity index (χ0n) is 22.3. The molecule has 0 aromatic heterocycles. The fourth-order valence-corrected chi connectivity index (χ4v) is 5.11. The molecule has 0 radical (unpaired) electrons. The summed E-state index contributed by atoms with van der Waals surface area (Å²) in [7, 11) is -0.678. The number of allylic oxidation sites excluding steroid dienone is 2. The lowest BCUT2D eigenvalue weighted by Crippen LogP contribution is -2.23. The Balaban J connectivity index is 2.57. The minimum Gasteiger partial charge on any atom is -0.463 e. The maximum absolute atomic E-state index is 12.5. The molecule has 0 heterocycles. The number of rotatable bonds is 20. The molecular formula is C25H46O5P2. The van der Waals surface area contributed by atoms with Gasteiger partial charge in [0.25, 0.3) is 0 Å². The Kier molecular flexibility index (Phi) is 14.8. The van der Waals surface area contributed by atoms with Crippen LogP contribution in [0.3, 0.4) is 0 Å². The van der Waals surface area contributed by atoms with Gasteiger partial charge in [-0.1, -0.05) is 44.8 Å². The molecule has 0 amide bonds. The number of ether oxygens (including phenoxy) is 1. The highest BCUT2D eigenvalue weighted by Gasteiger charge is 2.43. The smallest absolute Gasteiger partial charge is 0.306 e. The van der Waals surface area contributed by atoms with Crippen LogP contribution in [0.25, 0.3) is 0 Å². The summed E-state index contributed by atoms with van der Waals surface area (Å²) < 4.78 is 31.8. The van der Waals surface area contributed by atoms with Crippen LogP contribution in [0.1, 0.15) is 104 Å². The molecule has 7 heteroatoms. The average Bonchev–Trinajstić information content (AvgIpc) is 3.10. The van der Waals surface area contributed by atoms with Crippen LogP contribution in [0.2, 0.25) is 0 Å². The first-order chi connectivity index (χ1) is 16.4. The van der Waals surface area contributed by atoms with Crippen molar-refractivity contribution in [3.05, 3.63) is 12.2 Å². The quantitative estimate of drug-likeness (QED) is 0.0814. The molecule has 0 saturated heterocycles. The SMILES string of the molecule is [3H]PO[C@H]1C[C@@H](OP[3H])[C@H](CCC(=O)CCCCCCC)C1CC=CCCCC(=O)OC(C)C. The fraction of sp³-hybridized carbons (Fsp3) is 0.840. The second kappa shape index (κ2) is 18.0. The van der Waals surface area contributed by atoms with Gasteiger partial charge in [-0.3, -0.25) is 9.59 Å². The zero-order chi connectivity index (χ0) is 25.2. The van der Waals surface area contributed by atoms with Crippen molar-refractivity contribution in [1.82, 2.24) is 0 Å². The molecule has 0 aromatic rings. The van der Waals surface area contributed by atoms with Crippen LogP contribution in [-0.4, -0.2) is 32.6 Å². The van der Waals surface area contributed by atoms with Gasteiger partial charge in [0.05, 0.1) is 20.9 Å². The summed E-state index contributed by atoms with van der Waals surface area (Å²) in [6.45, 7) is 5.90. The van der Waals surface area contributed by atoms with Crippen molar-refractivity contribution in [2.75, 3.05) is 0 Å². The highest BCUT2D eigenvalue weighted by atomic mass is 31.0. The predicted octanol–water partition coefficient (Wildman–Crippen LogP) is 6.75. The summed E-state index contributed by atoms with van der Waals surface area (Å²) in [5.41, 5.74) is 0.